The van der Waals surface area contributed by atoms with Gasteiger partial charge in [0, 0.05) is 12.6 Å². The molecule has 1 rings (SSSR count). The zero-order valence-electron chi connectivity index (χ0n) is 10.6. The van der Waals surface area contributed by atoms with Crippen LogP contribution < -0.4 is 10.1 Å². The first-order chi connectivity index (χ1) is 7.99. The molecule has 4 heteroatoms. The van der Waals surface area contributed by atoms with Gasteiger partial charge in [-0.3, -0.25) is 0 Å². The van der Waals surface area contributed by atoms with Gasteiger partial charge in [0.15, 0.2) is 0 Å². The van der Waals surface area contributed by atoms with Crippen LogP contribution in [0.1, 0.15) is 19.4 Å². The van der Waals surface area contributed by atoms with Crippen LogP contribution in [-0.2, 0) is 0 Å². The monoisotopic (exact) mass is 239 g/mol. The predicted octanol–water partition coefficient (Wildman–Crippen LogP) is 1.44. The van der Waals surface area contributed by atoms with Gasteiger partial charge in [0.2, 0.25) is 0 Å². The maximum absolute atomic E-state index is 9.65. The smallest absolute Gasteiger partial charge is 0.119 e. The number of hydrogen-bond acceptors (Lipinski definition) is 4. The van der Waals surface area contributed by atoms with Gasteiger partial charge in [-0.05, 0) is 30.7 Å². The van der Waals surface area contributed by atoms with Crippen LogP contribution in [0.15, 0.2) is 18.2 Å². The summed E-state index contributed by atoms with van der Waals surface area (Å²) in [6, 6.07) is 5.37. The van der Waals surface area contributed by atoms with Crippen molar-refractivity contribution in [3.05, 3.63) is 23.8 Å². The summed E-state index contributed by atoms with van der Waals surface area (Å²) in [5.41, 5.74) is 0.761. The lowest BCUT2D eigenvalue weighted by atomic mass is 10.2. The topological polar surface area (TPSA) is 61.7 Å². The Kier molecular flexibility index (Phi) is 5.25. The van der Waals surface area contributed by atoms with E-state index in [0.29, 0.717) is 18.3 Å². The number of ether oxygens (including phenoxy) is 1. The van der Waals surface area contributed by atoms with Gasteiger partial charge < -0.3 is 20.3 Å². The summed E-state index contributed by atoms with van der Waals surface area (Å²) >= 11 is 0. The number of aliphatic hydroxyl groups is 1. The summed E-state index contributed by atoms with van der Waals surface area (Å²) in [5, 5.41) is 22.1. The third-order valence-corrected chi connectivity index (χ3v) is 2.37. The summed E-state index contributed by atoms with van der Waals surface area (Å²) in [6.07, 6.45) is -0.536. The lowest BCUT2D eigenvalue weighted by Crippen LogP contribution is -2.35. The lowest BCUT2D eigenvalue weighted by molar-refractivity contribution is 0.104. The standard InChI is InChI=1S/C13H21NO3/c1-9(2)14-7-11(15)8-17-12-4-5-13(16)10(3)6-12/h4-6,9,11,14-16H,7-8H2,1-3H3/t11-/m1/s1. The molecule has 1 aromatic carbocycles. The van der Waals surface area contributed by atoms with Gasteiger partial charge in [0.25, 0.3) is 0 Å². The van der Waals surface area contributed by atoms with Crippen LogP contribution in [0.3, 0.4) is 0 Å². The Bertz CT molecular complexity index is 353. The van der Waals surface area contributed by atoms with Crippen molar-refractivity contribution in [2.24, 2.45) is 0 Å². The van der Waals surface area contributed by atoms with Crippen LogP contribution in [0.25, 0.3) is 0 Å². The maximum atomic E-state index is 9.65. The molecule has 1 atom stereocenters. The van der Waals surface area contributed by atoms with Crippen molar-refractivity contribution < 1.29 is 14.9 Å². The van der Waals surface area contributed by atoms with Crippen molar-refractivity contribution >= 4 is 0 Å². The Morgan fingerprint density at radius 1 is 1.35 bits per heavy atom. The fraction of sp³-hybridized carbons (Fsp3) is 0.538. The lowest BCUT2D eigenvalue weighted by Gasteiger charge is -2.15. The van der Waals surface area contributed by atoms with Gasteiger partial charge in [0.1, 0.15) is 24.2 Å². The summed E-state index contributed by atoms with van der Waals surface area (Å²) in [5.74, 6) is 0.906. The highest BCUT2D eigenvalue weighted by molar-refractivity contribution is 5.38. The van der Waals surface area contributed by atoms with E-state index < -0.39 is 6.10 Å². The summed E-state index contributed by atoms with van der Waals surface area (Å²) in [7, 11) is 0. The van der Waals surface area contributed by atoms with Gasteiger partial charge in [-0.15, -0.1) is 0 Å². The minimum absolute atomic E-state index is 0.240. The quantitative estimate of drug-likeness (QED) is 0.703. The second-order valence-electron chi connectivity index (χ2n) is 4.48. The van der Waals surface area contributed by atoms with Gasteiger partial charge >= 0.3 is 0 Å². The molecule has 17 heavy (non-hydrogen) atoms. The van der Waals surface area contributed by atoms with Crippen LogP contribution in [0, 0.1) is 6.92 Å². The van der Waals surface area contributed by atoms with Crippen molar-refractivity contribution in [3.63, 3.8) is 0 Å². The molecule has 96 valence electrons. The number of hydrogen-bond donors (Lipinski definition) is 3. The molecule has 0 radical (unpaired) electrons. The van der Waals surface area contributed by atoms with E-state index in [2.05, 4.69) is 5.32 Å². The normalized spacial score (nSPS) is 12.8. The molecule has 0 amide bonds. The van der Waals surface area contributed by atoms with E-state index >= 15 is 0 Å². The largest absolute Gasteiger partial charge is 0.508 e. The number of phenolic OH excluding ortho intramolecular Hbond substituents is 1. The van der Waals surface area contributed by atoms with E-state index in [1.165, 1.54) is 0 Å². The molecule has 0 spiro atoms. The summed E-state index contributed by atoms with van der Waals surface area (Å²) in [4.78, 5) is 0. The van der Waals surface area contributed by atoms with E-state index in [4.69, 9.17) is 4.74 Å². The molecule has 0 fully saturated rings. The van der Waals surface area contributed by atoms with Crippen molar-refractivity contribution in [2.45, 2.75) is 32.9 Å². The summed E-state index contributed by atoms with van der Waals surface area (Å²) in [6.45, 7) is 6.60. The predicted molar refractivity (Wildman–Crippen MR) is 67.5 cm³/mol. The van der Waals surface area contributed by atoms with Crippen molar-refractivity contribution in [1.29, 1.82) is 0 Å². The molecule has 4 nitrogen and oxygen atoms in total. The molecular weight excluding hydrogens is 218 g/mol. The summed E-state index contributed by atoms with van der Waals surface area (Å²) < 4.78 is 5.43. The maximum Gasteiger partial charge on any atom is 0.119 e. The number of phenols is 1. The molecule has 3 N–H and O–H groups in total. The first-order valence-electron chi connectivity index (χ1n) is 5.83. The first-order valence-corrected chi connectivity index (χ1v) is 5.83. The molecule has 1 aromatic rings. The Balaban J connectivity index is 2.36. The molecule has 0 aliphatic heterocycles. The van der Waals surface area contributed by atoms with Crippen molar-refractivity contribution in [1.82, 2.24) is 5.32 Å². The molecule has 0 aliphatic rings. The second-order valence-corrected chi connectivity index (χ2v) is 4.48. The molecule has 0 saturated carbocycles. The third-order valence-electron chi connectivity index (χ3n) is 2.37. The molecule has 0 aliphatic carbocycles. The molecule has 0 saturated heterocycles. The minimum Gasteiger partial charge on any atom is -0.508 e. The molecule has 0 unspecified atom stereocenters. The van der Waals surface area contributed by atoms with E-state index in [9.17, 15) is 10.2 Å². The van der Waals surface area contributed by atoms with Crippen LogP contribution in [0.4, 0.5) is 0 Å². The van der Waals surface area contributed by atoms with Gasteiger partial charge in [-0.2, -0.15) is 0 Å². The number of benzene rings is 1. The van der Waals surface area contributed by atoms with Gasteiger partial charge in [-0.25, -0.2) is 0 Å². The van der Waals surface area contributed by atoms with E-state index in [0.717, 1.165) is 5.56 Å². The first kappa shape index (κ1) is 13.8. The second kappa shape index (κ2) is 6.47. The highest BCUT2D eigenvalue weighted by atomic mass is 16.5. The fourth-order valence-electron chi connectivity index (χ4n) is 1.34. The minimum atomic E-state index is -0.536. The number of aliphatic hydroxyl groups excluding tert-OH is 1. The Morgan fingerprint density at radius 2 is 2.06 bits per heavy atom. The van der Waals surface area contributed by atoms with Crippen molar-refractivity contribution in [3.8, 4) is 11.5 Å². The highest BCUT2D eigenvalue weighted by Gasteiger charge is 2.06. The number of rotatable bonds is 6. The Morgan fingerprint density at radius 3 is 2.65 bits per heavy atom. The van der Waals surface area contributed by atoms with Crippen LogP contribution in [-0.4, -0.2) is 35.5 Å². The zero-order chi connectivity index (χ0) is 12.8. The van der Waals surface area contributed by atoms with E-state index in [1.54, 1.807) is 25.1 Å². The highest BCUT2D eigenvalue weighted by Crippen LogP contribution is 2.21. The molecule has 0 heterocycles. The van der Waals surface area contributed by atoms with Gasteiger partial charge in [0.05, 0.1) is 0 Å². The van der Waals surface area contributed by atoms with Gasteiger partial charge in [-0.1, -0.05) is 13.8 Å². The average Bonchev–Trinajstić information content (AvgIpc) is 2.28. The number of aromatic hydroxyl groups is 1. The third kappa shape index (κ3) is 5.06. The molecule has 0 aromatic heterocycles. The fourth-order valence-corrected chi connectivity index (χ4v) is 1.34. The average molecular weight is 239 g/mol. The van der Waals surface area contributed by atoms with E-state index in [-0.39, 0.29) is 12.4 Å². The molecular formula is C13H21NO3. The van der Waals surface area contributed by atoms with Crippen LogP contribution in [0.2, 0.25) is 0 Å². The van der Waals surface area contributed by atoms with E-state index in [1.807, 2.05) is 13.8 Å². The SMILES string of the molecule is Cc1cc(OC[C@H](O)CNC(C)C)ccc1O. The van der Waals surface area contributed by atoms with Crippen LogP contribution in [0.5, 0.6) is 11.5 Å². The Hall–Kier alpha value is -1.26. The van der Waals surface area contributed by atoms with Crippen LogP contribution >= 0.6 is 0 Å². The number of nitrogens with one attached hydrogen (secondary N) is 1. The molecule has 0 bridgehead atoms. The Labute approximate surface area is 102 Å². The number of aryl methyl sites for hydroxylation is 1. The zero-order valence-corrected chi connectivity index (χ0v) is 10.6. The van der Waals surface area contributed by atoms with Crippen molar-refractivity contribution in [2.75, 3.05) is 13.2 Å².